The van der Waals surface area contributed by atoms with Crippen molar-refractivity contribution in [3.8, 4) is 12.1 Å². The van der Waals surface area contributed by atoms with Crippen molar-refractivity contribution in [1.29, 1.82) is 10.5 Å². The minimum Gasteiger partial charge on any atom is -0.473 e. The first-order chi connectivity index (χ1) is 4.56. The van der Waals surface area contributed by atoms with E-state index in [1.54, 1.807) is 0 Å². The molecule has 11 heavy (non-hydrogen) atoms. The predicted molar refractivity (Wildman–Crippen MR) is 29.0 cm³/mol. The van der Waals surface area contributed by atoms with Crippen LogP contribution in [0, 0.1) is 22.7 Å². The second-order valence-electron chi connectivity index (χ2n) is 0.834. The maximum Gasteiger partial charge on any atom is 0.414 e. The van der Waals surface area contributed by atoms with Crippen molar-refractivity contribution in [2.75, 3.05) is 0 Å². The molecule has 0 saturated heterocycles. The van der Waals surface area contributed by atoms with E-state index in [-0.39, 0.29) is 4.70 Å². The van der Waals surface area contributed by atoms with Gasteiger partial charge in [-0.1, -0.05) is 0 Å². The van der Waals surface area contributed by atoms with Crippen molar-refractivity contribution < 1.29 is 24.5 Å². The molecule has 0 amide bonds. The fourth-order valence-electron chi connectivity index (χ4n) is 0. The highest BCUT2D eigenvalue weighted by Gasteiger charge is 2.04. The van der Waals surface area contributed by atoms with Gasteiger partial charge in [0.15, 0.2) is 12.1 Å². The largest absolute Gasteiger partial charge is 0.473 e. The summed E-state index contributed by atoms with van der Waals surface area (Å²) in [7, 11) is 0. The zero-order valence-electron chi connectivity index (χ0n) is 5.01. The van der Waals surface area contributed by atoms with Crippen molar-refractivity contribution in [2.24, 2.45) is 0 Å². The van der Waals surface area contributed by atoms with Gasteiger partial charge in [-0.15, -0.1) is 0 Å². The Morgan fingerprint density at radius 3 is 1.18 bits per heavy atom. The first-order valence-corrected chi connectivity index (χ1v) is 1.80. The minimum atomic E-state index is -1.82. The van der Waals surface area contributed by atoms with Gasteiger partial charge in [-0.3, -0.25) is 4.70 Å². The number of carboxylic acids is 2. The highest BCUT2D eigenvalue weighted by molar-refractivity contribution is 6.27. The Kier molecular flexibility index (Phi) is 15.6. The maximum absolute atomic E-state index is 9.10. The van der Waals surface area contributed by atoms with Gasteiger partial charge in [-0.05, 0) is 0 Å². The molecule has 6 nitrogen and oxygen atoms in total. The van der Waals surface area contributed by atoms with Gasteiger partial charge in [0.2, 0.25) is 0 Å². The Bertz CT molecular complexity index is 189. The number of rotatable bonds is 0. The van der Waals surface area contributed by atoms with E-state index in [0.717, 1.165) is 0 Å². The average Bonchev–Trinajstić information content (AvgIpc) is 1.89. The van der Waals surface area contributed by atoms with Gasteiger partial charge >= 0.3 is 11.9 Å². The molecule has 0 aromatic heterocycles. The van der Waals surface area contributed by atoms with Crippen LogP contribution in [0.2, 0.25) is 0 Å². The highest BCUT2D eigenvalue weighted by Crippen LogP contribution is 1.56. The zero-order valence-corrected chi connectivity index (χ0v) is 5.01. The van der Waals surface area contributed by atoms with Gasteiger partial charge in [0.1, 0.15) is 0 Å². The molecule has 0 spiro atoms. The summed E-state index contributed by atoms with van der Waals surface area (Å²) in [6.45, 7) is 0. The molecule has 2 N–H and O–H groups in total. The minimum absolute atomic E-state index is 0. The second-order valence-corrected chi connectivity index (χ2v) is 0.834. The van der Waals surface area contributed by atoms with Crippen LogP contribution in [0.15, 0.2) is 0 Å². The highest BCUT2D eigenvalue weighted by atomic mass is 19.0. The lowest BCUT2D eigenvalue weighted by Gasteiger charge is -1.72. The third kappa shape index (κ3) is 33.1. The van der Waals surface area contributed by atoms with Gasteiger partial charge in [-0.2, -0.15) is 10.5 Å². The van der Waals surface area contributed by atoms with E-state index in [1.165, 1.54) is 12.1 Å². The van der Waals surface area contributed by atoms with Crippen LogP contribution in [0.5, 0.6) is 0 Å². The van der Waals surface area contributed by atoms with E-state index in [2.05, 4.69) is 0 Å². The zero-order chi connectivity index (χ0) is 8.57. The van der Waals surface area contributed by atoms with Gasteiger partial charge in [0.25, 0.3) is 0 Å². The van der Waals surface area contributed by atoms with Gasteiger partial charge in [-0.25, -0.2) is 9.59 Å². The Morgan fingerprint density at radius 1 is 1.00 bits per heavy atom. The predicted octanol–water partition coefficient (Wildman–Crippen LogP) is -0.658. The molecule has 0 fully saturated rings. The molecule has 0 aliphatic carbocycles. The molecule has 0 aromatic rings. The Morgan fingerprint density at radius 2 is 1.18 bits per heavy atom. The van der Waals surface area contributed by atoms with Crippen LogP contribution in [-0.4, -0.2) is 22.2 Å². The first kappa shape index (κ1) is 15.9. The lowest BCUT2D eigenvalue weighted by Crippen LogP contribution is -2.09. The van der Waals surface area contributed by atoms with Crippen molar-refractivity contribution in [3.63, 3.8) is 0 Å². The van der Waals surface area contributed by atoms with Crippen LogP contribution in [0.3, 0.4) is 0 Å². The molecule has 0 aliphatic heterocycles. The molecule has 0 bridgehead atoms. The monoisotopic (exact) mass is 162 g/mol. The Balaban J connectivity index is -0.000000114. The molecule has 0 aliphatic rings. The van der Waals surface area contributed by atoms with Gasteiger partial charge in [0, 0.05) is 0 Å². The van der Waals surface area contributed by atoms with Crippen LogP contribution in [0.4, 0.5) is 4.70 Å². The van der Waals surface area contributed by atoms with E-state index < -0.39 is 11.9 Å². The number of hydrogen-bond acceptors (Lipinski definition) is 4. The molecule has 0 unspecified atom stereocenters. The van der Waals surface area contributed by atoms with E-state index >= 15 is 0 Å². The summed E-state index contributed by atoms with van der Waals surface area (Å²) in [4.78, 5) is 18.2. The lowest BCUT2D eigenvalue weighted by molar-refractivity contribution is -0.159. The molecule has 0 aromatic carbocycles. The average molecular weight is 162 g/mol. The molecule has 60 valence electrons. The van der Waals surface area contributed by atoms with E-state index in [1.807, 2.05) is 0 Å². The number of halogens is 1. The van der Waals surface area contributed by atoms with Crippen LogP contribution >= 0.6 is 0 Å². The number of aliphatic carboxylic acids is 2. The molecule has 0 radical (unpaired) electrons. The summed E-state index contributed by atoms with van der Waals surface area (Å²) in [5.41, 5.74) is 0. The van der Waals surface area contributed by atoms with Gasteiger partial charge in [0.05, 0.1) is 0 Å². The van der Waals surface area contributed by atoms with Crippen molar-refractivity contribution in [2.45, 2.75) is 0 Å². The SMILES string of the molecule is F.N#CC#N.O=C(O)C(=O)O. The van der Waals surface area contributed by atoms with Crippen molar-refractivity contribution >= 4 is 11.9 Å². The quantitative estimate of drug-likeness (QED) is 0.456. The lowest BCUT2D eigenvalue weighted by atomic mass is 10.7. The number of carboxylic acid groups (broad SMARTS) is 2. The molecule has 0 saturated carbocycles. The van der Waals surface area contributed by atoms with Crippen LogP contribution < -0.4 is 0 Å². The van der Waals surface area contributed by atoms with Crippen LogP contribution in [0.25, 0.3) is 0 Å². The molecule has 7 heteroatoms. The smallest absolute Gasteiger partial charge is 0.414 e. The summed E-state index contributed by atoms with van der Waals surface area (Å²) < 4.78 is 0. The Hall–Kier alpha value is -2.15. The number of carbonyl (C=O) groups is 2. The Labute approximate surface area is 60.3 Å². The second kappa shape index (κ2) is 10.8. The fourth-order valence-corrected chi connectivity index (χ4v) is 0. The van der Waals surface area contributed by atoms with E-state index in [4.69, 9.17) is 30.3 Å². The fraction of sp³-hybridized carbons (Fsp3) is 0. The first-order valence-electron chi connectivity index (χ1n) is 1.80. The van der Waals surface area contributed by atoms with Gasteiger partial charge < -0.3 is 10.2 Å². The third-order valence-electron chi connectivity index (χ3n) is 0.233. The molecule has 0 heterocycles. The normalized spacial score (nSPS) is 4.91. The maximum atomic E-state index is 9.10. The summed E-state index contributed by atoms with van der Waals surface area (Å²) in [5, 5.41) is 29.3. The van der Waals surface area contributed by atoms with Crippen molar-refractivity contribution in [3.05, 3.63) is 0 Å². The summed E-state index contributed by atoms with van der Waals surface area (Å²) >= 11 is 0. The van der Waals surface area contributed by atoms with E-state index in [9.17, 15) is 0 Å². The number of nitriles is 2. The molecular weight excluding hydrogens is 159 g/mol. The van der Waals surface area contributed by atoms with Crippen LogP contribution in [0.1, 0.15) is 0 Å². The topological polar surface area (TPSA) is 122 Å². The molecular formula is C4H3FN2O4. The molecule has 0 atom stereocenters. The van der Waals surface area contributed by atoms with Crippen LogP contribution in [-0.2, 0) is 9.59 Å². The summed E-state index contributed by atoms with van der Waals surface area (Å²) in [5.74, 6) is -3.65. The standard InChI is InChI=1S/C2N2.C2H2O4.FH/c3-1-2-4;3-1(4)2(5)6;/h;(H,3,4)(H,5,6);1H. The third-order valence-corrected chi connectivity index (χ3v) is 0.233. The number of nitrogens with zero attached hydrogens (tertiary/aromatic N) is 2. The number of hydrogen-bond donors (Lipinski definition) is 2. The molecule has 0 rings (SSSR count). The van der Waals surface area contributed by atoms with E-state index in [0.29, 0.717) is 0 Å². The van der Waals surface area contributed by atoms with Crippen molar-refractivity contribution in [1.82, 2.24) is 0 Å². The summed E-state index contributed by atoms with van der Waals surface area (Å²) in [6, 6.07) is 2.47. The summed E-state index contributed by atoms with van der Waals surface area (Å²) in [6.07, 6.45) is 0.